The molecule has 5 heteroatoms. The SMILES string of the molecule is N#Cc1ccc2c(=O)c3cc4c(cc3oc2c1)sc1c(-n2c3ccccc3c3ccccc32)cccc14. The molecule has 172 valence electrons. The monoisotopic (exact) mass is 492 g/mol. The summed E-state index contributed by atoms with van der Waals surface area (Å²) in [5.74, 6) is 0. The summed E-state index contributed by atoms with van der Waals surface area (Å²) in [5.41, 5.74) is 4.79. The summed E-state index contributed by atoms with van der Waals surface area (Å²) >= 11 is 1.70. The van der Waals surface area contributed by atoms with Crippen LogP contribution in [0.4, 0.5) is 0 Å². The van der Waals surface area contributed by atoms with Crippen LogP contribution in [0.2, 0.25) is 0 Å². The first kappa shape index (κ1) is 20.3. The average Bonchev–Trinajstić information content (AvgIpc) is 3.47. The Hall–Kier alpha value is -4.92. The van der Waals surface area contributed by atoms with Crippen molar-refractivity contribution < 1.29 is 4.42 Å². The Morgan fingerprint density at radius 2 is 1.38 bits per heavy atom. The summed E-state index contributed by atoms with van der Waals surface area (Å²) in [6.45, 7) is 0. The highest BCUT2D eigenvalue weighted by Gasteiger charge is 2.17. The van der Waals surface area contributed by atoms with Gasteiger partial charge in [-0.15, -0.1) is 11.3 Å². The van der Waals surface area contributed by atoms with Crippen LogP contribution in [0.5, 0.6) is 0 Å². The second kappa shape index (κ2) is 7.30. The van der Waals surface area contributed by atoms with Gasteiger partial charge in [-0.3, -0.25) is 4.79 Å². The van der Waals surface area contributed by atoms with Gasteiger partial charge in [0, 0.05) is 26.2 Å². The van der Waals surface area contributed by atoms with Crippen LogP contribution >= 0.6 is 11.3 Å². The van der Waals surface area contributed by atoms with Crippen molar-refractivity contribution in [1.29, 1.82) is 5.26 Å². The van der Waals surface area contributed by atoms with E-state index in [2.05, 4.69) is 77.4 Å². The molecular weight excluding hydrogens is 476 g/mol. The van der Waals surface area contributed by atoms with Gasteiger partial charge in [-0.2, -0.15) is 5.26 Å². The number of rotatable bonds is 1. The molecule has 0 saturated carbocycles. The van der Waals surface area contributed by atoms with E-state index in [0.29, 0.717) is 27.5 Å². The molecule has 0 aliphatic rings. The summed E-state index contributed by atoms with van der Waals surface area (Å²) in [6.07, 6.45) is 0. The second-order valence-electron chi connectivity index (χ2n) is 9.22. The lowest BCUT2D eigenvalue weighted by Gasteiger charge is -2.09. The van der Waals surface area contributed by atoms with Crippen LogP contribution < -0.4 is 5.43 Å². The first-order valence-electron chi connectivity index (χ1n) is 12.0. The van der Waals surface area contributed by atoms with E-state index in [1.165, 1.54) is 10.8 Å². The molecule has 0 unspecified atom stereocenters. The zero-order valence-electron chi connectivity index (χ0n) is 19.4. The van der Waals surface area contributed by atoms with Gasteiger partial charge >= 0.3 is 0 Å². The third-order valence-electron chi connectivity index (χ3n) is 7.22. The van der Waals surface area contributed by atoms with Crippen LogP contribution in [-0.2, 0) is 0 Å². The summed E-state index contributed by atoms with van der Waals surface area (Å²) in [6, 6.07) is 34.4. The maximum Gasteiger partial charge on any atom is 0.200 e. The molecule has 0 aliphatic heterocycles. The van der Waals surface area contributed by atoms with Crippen LogP contribution in [0.3, 0.4) is 0 Å². The van der Waals surface area contributed by atoms with E-state index >= 15 is 0 Å². The zero-order valence-corrected chi connectivity index (χ0v) is 20.2. The normalized spacial score (nSPS) is 11.9. The molecule has 0 bridgehead atoms. The molecule has 0 N–H and O–H groups in total. The van der Waals surface area contributed by atoms with Gasteiger partial charge in [0.2, 0.25) is 5.43 Å². The number of thiophene rings is 1. The third kappa shape index (κ3) is 2.73. The lowest BCUT2D eigenvalue weighted by molar-refractivity contribution is 0.660. The molecule has 0 fully saturated rings. The molecule has 0 spiro atoms. The number of hydrogen-bond acceptors (Lipinski definition) is 4. The molecule has 3 heterocycles. The maximum atomic E-state index is 13.4. The van der Waals surface area contributed by atoms with E-state index in [4.69, 9.17) is 4.42 Å². The van der Waals surface area contributed by atoms with E-state index in [1.54, 1.807) is 29.5 Å². The molecular formula is C32H16N2O2S. The van der Waals surface area contributed by atoms with Crippen molar-refractivity contribution in [2.75, 3.05) is 0 Å². The fourth-order valence-electron chi connectivity index (χ4n) is 5.56. The molecule has 4 nitrogen and oxygen atoms in total. The number of para-hydroxylation sites is 2. The van der Waals surface area contributed by atoms with E-state index in [9.17, 15) is 10.1 Å². The molecule has 0 saturated heterocycles. The molecule has 0 radical (unpaired) electrons. The lowest BCUT2D eigenvalue weighted by Crippen LogP contribution is -2.02. The van der Waals surface area contributed by atoms with Crippen LogP contribution in [0, 0.1) is 11.3 Å². The topological polar surface area (TPSA) is 58.9 Å². The van der Waals surface area contributed by atoms with Crippen molar-refractivity contribution in [3.05, 3.63) is 113 Å². The highest BCUT2D eigenvalue weighted by molar-refractivity contribution is 7.26. The molecule has 0 atom stereocenters. The zero-order chi connectivity index (χ0) is 24.7. The molecule has 0 aliphatic carbocycles. The largest absolute Gasteiger partial charge is 0.456 e. The summed E-state index contributed by atoms with van der Waals surface area (Å²) in [7, 11) is 0. The minimum Gasteiger partial charge on any atom is -0.456 e. The van der Waals surface area contributed by atoms with Gasteiger partial charge in [-0.1, -0.05) is 48.5 Å². The fraction of sp³-hybridized carbons (Fsp3) is 0. The van der Waals surface area contributed by atoms with Crippen LogP contribution in [0.1, 0.15) is 5.56 Å². The van der Waals surface area contributed by atoms with Crippen molar-refractivity contribution in [1.82, 2.24) is 4.57 Å². The first-order chi connectivity index (χ1) is 18.2. The molecule has 8 aromatic rings. The Kier molecular flexibility index (Phi) is 4.00. The number of benzene rings is 5. The lowest BCUT2D eigenvalue weighted by atomic mass is 10.1. The van der Waals surface area contributed by atoms with Gasteiger partial charge in [-0.05, 0) is 48.5 Å². The van der Waals surface area contributed by atoms with E-state index in [1.807, 2.05) is 12.1 Å². The smallest absolute Gasteiger partial charge is 0.200 e. The highest BCUT2D eigenvalue weighted by atomic mass is 32.1. The molecule has 3 aromatic heterocycles. The van der Waals surface area contributed by atoms with E-state index < -0.39 is 0 Å². The predicted octanol–water partition coefficient (Wildman–Crippen LogP) is 8.28. The summed E-state index contributed by atoms with van der Waals surface area (Å²) in [4.78, 5) is 13.4. The standard InChI is InChI=1S/C32H16N2O2S/c33-17-18-12-13-22-28(14-18)36-29-16-30-23(15-24(29)31(22)35)21-8-5-11-27(32(21)37-30)34-25-9-3-1-6-19(25)20-7-2-4-10-26(20)34/h1-16H. The Morgan fingerprint density at radius 1 is 0.676 bits per heavy atom. The van der Waals surface area contributed by atoms with Gasteiger partial charge in [0.1, 0.15) is 11.2 Å². The first-order valence-corrected chi connectivity index (χ1v) is 12.8. The number of aromatic nitrogens is 1. The van der Waals surface area contributed by atoms with Gasteiger partial charge in [0.15, 0.2) is 0 Å². The summed E-state index contributed by atoms with van der Waals surface area (Å²) in [5, 5.41) is 14.9. The van der Waals surface area contributed by atoms with Crippen molar-refractivity contribution in [2.45, 2.75) is 0 Å². The second-order valence-corrected chi connectivity index (χ2v) is 10.3. The average molecular weight is 493 g/mol. The number of fused-ring (bicyclic) bond motifs is 8. The highest BCUT2D eigenvalue weighted by Crippen LogP contribution is 2.41. The fourth-order valence-corrected chi connectivity index (χ4v) is 6.77. The Morgan fingerprint density at radius 3 is 2.14 bits per heavy atom. The van der Waals surface area contributed by atoms with Crippen LogP contribution in [-0.4, -0.2) is 4.57 Å². The van der Waals surface area contributed by atoms with Gasteiger partial charge in [0.05, 0.1) is 43.8 Å². The van der Waals surface area contributed by atoms with Crippen molar-refractivity contribution in [3.63, 3.8) is 0 Å². The number of nitrogens with zero attached hydrogens (tertiary/aromatic N) is 2. The van der Waals surface area contributed by atoms with Crippen LogP contribution in [0.15, 0.2) is 106 Å². The Balaban J connectivity index is 1.48. The minimum atomic E-state index is -0.0828. The number of nitriles is 1. The third-order valence-corrected chi connectivity index (χ3v) is 8.41. The van der Waals surface area contributed by atoms with Gasteiger partial charge in [0.25, 0.3) is 0 Å². The Labute approximate surface area is 213 Å². The van der Waals surface area contributed by atoms with E-state index in [-0.39, 0.29) is 5.43 Å². The predicted molar refractivity (Wildman–Crippen MR) is 152 cm³/mol. The van der Waals surface area contributed by atoms with Gasteiger partial charge in [-0.25, -0.2) is 0 Å². The molecule has 0 amide bonds. The molecule has 37 heavy (non-hydrogen) atoms. The number of hydrogen-bond donors (Lipinski definition) is 0. The van der Waals surface area contributed by atoms with Crippen molar-refractivity contribution >= 4 is 75.3 Å². The quantitative estimate of drug-likeness (QED) is 0.217. The molecule has 5 aromatic carbocycles. The van der Waals surface area contributed by atoms with Crippen LogP contribution in [0.25, 0.3) is 69.6 Å². The molecule has 8 rings (SSSR count). The minimum absolute atomic E-state index is 0.0828. The van der Waals surface area contributed by atoms with Crippen molar-refractivity contribution in [3.8, 4) is 11.8 Å². The van der Waals surface area contributed by atoms with Crippen molar-refractivity contribution in [2.24, 2.45) is 0 Å². The maximum absolute atomic E-state index is 13.4. The van der Waals surface area contributed by atoms with Gasteiger partial charge < -0.3 is 8.98 Å². The Bertz CT molecular complexity index is 2290. The van der Waals surface area contributed by atoms with E-state index in [0.717, 1.165) is 36.9 Å². The summed E-state index contributed by atoms with van der Waals surface area (Å²) < 4.78 is 10.7.